The molecule has 142 valence electrons. The zero-order chi connectivity index (χ0) is 19.7. The molecule has 0 saturated heterocycles. The summed E-state index contributed by atoms with van der Waals surface area (Å²) in [6.07, 6.45) is 1.93. The van der Waals surface area contributed by atoms with E-state index in [0.717, 1.165) is 25.1 Å². The van der Waals surface area contributed by atoms with E-state index in [1.807, 2.05) is 29.2 Å². The first kappa shape index (κ1) is 17.7. The summed E-state index contributed by atoms with van der Waals surface area (Å²) in [4.78, 5) is 27.4. The maximum Gasteiger partial charge on any atom is 0.283 e. The average molecular weight is 379 g/mol. The minimum Gasteiger partial charge on any atom is -0.493 e. The van der Waals surface area contributed by atoms with Gasteiger partial charge in [0.2, 0.25) is 5.88 Å². The molecule has 2 heterocycles. The molecule has 9 heteroatoms. The molecular weight excluding hydrogens is 362 g/mol. The monoisotopic (exact) mass is 379 g/mol. The van der Waals surface area contributed by atoms with Gasteiger partial charge >= 0.3 is 0 Å². The van der Waals surface area contributed by atoms with Crippen molar-refractivity contribution in [3.63, 3.8) is 0 Å². The van der Waals surface area contributed by atoms with Crippen molar-refractivity contribution in [1.29, 1.82) is 0 Å². The first-order chi connectivity index (χ1) is 13.5. The van der Waals surface area contributed by atoms with E-state index < -0.39 is 10.8 Å². The van der Waals surface area contributed by atoms with Crippen LogP contribution in [-0.4, -0.2) is 34.0 Å². The Morgan fingerprint density at radius 2 is 2.11 bits per heavy atom. The number of fused-ring (bicyclic) bond motifs is 2. The highest BCUT2D eigenvalue weighted by atomic mass is 16.6. The molecule has 1 aliphatic heterocycles. The number of carbonyl (C=O) groups is 1. The molecule has 4 rings (SSSR count). The van der Waals surface area contributed by atoms with E-state index >= 15 is 0 Å². The molecule has 9 nitrogen and oxygen atoms in total. The molecule has 2 N–H and O–H groups in total. The lowest BCUT2D eigenvalue weighted by Crippen LogP contribution is -2.33. The zero-order valence-corrected chi connectivity index (χ0v) is 14.8. The van der Waals surface area contributed by atoms with Gasteiger partial charge in [0.1, 0.15) is 6.54 Å². The summed E-state index contributed by atoms with van der Waals surface area (Å²) in [6, 6.07) is 12.0. The Morgan fingerprint density at radius 3 is 2.93 bits per heavy atom. The number of anilines is 1. The van der Waals surface area contributed by atoms with Crippen LogP contribution in [0.3, 0.4) is 0 Å². The number of hydrogen-bond acceptors (Lipinski definition) is 6. The quantitative estimate of drug-likeness (QED) is 0.405. The number of para-hydroxylation sites is 1. The van der Waals surface area contributed by atoms with E-state index in [-0.39, 0.29) is 23.8 Å². The predicted octanol–water partition coefficient (Wildman–Crippen LogP) is 3.84. The van der Waals surface area contributed by atoms with Crippen LogP contribution in [0.5, 0.6) is 5.88 Å². The van der Waals surface area contributed by atoms with E-state index in [2.05, 4.69) is 15.2 Å². The smallest absolute Gasteiger partial charge is 0.283 e. The molecule has 0 spiro atoms. The Kier molecular flexibility index (Phi) is 4.48. The van der Waals surface area contributed by atoms with Crippen molar-refractivity contribution in [2.24, 2.45) is 10.2 Å². The Bertz CT molecular complexity index is 1100. The van der Waals surface area contributed by atoms with E-state index in [1.54, 1.807) is 0 Å². The highest BCUT2D eigenvalue weighted by molar-refractivity contribution is 5.96. The van der Waals surface area contributed by atoms with E-state index in [9.17, 15) is 20.0 Å². The van der Waals surface area contributed by atoms with Crippen LogP contribution in [0.1, 0.15) is 12.0 Å². The van der Waals surface area contributed by atoms with Crippen molar-refractivity contribution < 1.29 is 14.8 Å². The molecule has 0 aliphatic carbocycles. The molecule has 1 amide bonds. The molecule has 2 aromatic carbocycles. The van der Waals surface area contributed by atoms with Crippen LogP contribution >= 0.6 is 0 Å². The normalized spacial score (nSPS) is 13.8. The number of nitrogens with one attached hydrogen (secondary N) is 1. The summed E-state index contributed by atoms with van der Waals surface area (Å²) >= 11 is 0. The molecule has 0 radical (unpaired) electrons. The number of azo groups is 1. The number of rotatable bonds is 4. The third kappa shape index (κ3) is 3.29. The number of carbonyl (C=O) groups excluding carboxylic acids is 1. The summed E-state index contributed by atoms with van der Waals surface area (Å²) in [5.74, 6) is -0.758. The predicted molar refractivity (Wildman–Crippen MR) is 103 cm³/mol. The zero-order valence-electron chi connectivity index (χ0n) is 14.8. The molecule has 28 heavy (non-hydrogen) atoms. The summed E-state index contributed by atoms with van der Waals surface area (Å²) in [5, 5.41) is 28.9. The van der Waals surface area contributed by atoms with Gasteiger partial charge in [-0.1, -0.05) is 18.2 Å². The lowest BCUT2D eigenvalue weighted by Gasteiger charge is -2.29. The third-order valence-corrected chi connectivity index (χ3v) is 4.74. The van der Waals surface area contributed by atoms with Crippen molar-refractivity contribution >= 4 is 33.9 Å². The second-order valence-electron chi connectivity index (χ2n) is 6.56. The van der Waals surface area contributed by atoms with Gasteiger partial charge < -0.3 is 15.0 Å². The van der Waals surface area contributed by atoms with Crippen LogP contribution in [0.15, 0.2) is 52.7 Å². The van der Waals surface area contributed by atoms with E-state index in [1.165, 1.54) is 23.8 Å². The topological polar surface area (TPSA) is 124 Å². The van der Waals surface area contributed by atoms with Crippen LogP contribution in [0.2, 0.25) is 0 Å². The Morgan fingerprint density at radius 1 is 1.29 bits per heavy atom. The second-order valence-corrected chi connectivity index (χ2v) is 6.56. The molecular formula is C19H17N5O4. The number of aromatic amines is 1. The number of amides is 1. The summed E-state index contributed by atoms with van der Waals surface area (Å²) in [7, 11) is 0. The van der Waals surface area contributed by atoms with Crippen molar-refractivity contribution in [3.05, 3.63) is 58.1 Å². The van der Waals surface area contributed by atoms with Crippen LogP contribution in [0.4, 0.5) is 17.1 Å². The van der Waals surface area contributed by atoms with Gasteiger partial charge in [0.05, 0.1) is 10.4 Å². The number of H-pyrrole nitrogens is 1. The van der Waals surface area contributed by atoms with Gasteiger partial charge in [-0.3, -0.25) is 14.9 Å². The number of nitro groups is 1. The number of aromatic hydroxyl groups is 1. The van der Waals surface area contributed by atoms with Gasteiger partial charge in [0.25, 0.3) is 11.6 Å². The minimum atomic E-state index is -0.538. The van der Waals surface area contributed by atoms with E-state index in [0.29, 0.717) is 10.9 Å². The van der Waals surface area contributed by atoms with Gasteiger partial charge in [-0.15, -0.1) is 10.2 Å². The summed E-state index contributed by atoms with van der Waals surface area (Å²) in [5.41, 5.74) is 2.54. The van der Waals surface area contributed by atoms with Gasteiger partial charge in [-0.25, -0.2) is 0 Å². The lowest BCUT2D eigenvalue weighted by molar-refractivity contribution is -0.384. The van der Waals surface area contributed by atoms with Crippen LogP contribution < -0.4 is 4.90 Å². The number of non-ortho nitro benzene ring substituents is 1. The van der Waals surface area contributed by atoms with Crippen molar-refractivity contribution in [2.75, 3.05) is 18.0 Å². The molecule has 0 unspecified atom stereocenters. The SMILES string of the molecule is O=C(CN1CCCc2ccccc21)N=Nc1c(O)[nH]c2ccc([N+](=O)[O-])cc12. The van der Waals surface area contributed by atoms with Crippen molar-refractivity contribution in [1.82, 2.24) is 4.98 Å². The van der Waals surface area contributed by atoms with Crippen LogP contribution in [0.25, 0.3) is 10.9 Å². The van der Waals surface area contributed by atoms with Gasteiger partial charge in [-0.2, -0.15) is 0 Å². The fourth-order valence-electron chi connectivity index (χ4n) is 3.44. The molecule has 3 aromatic rings. The fourth-order valence-corrected chi connectivity index (χ4v) is 3.44. The lowest BCUT2D eigenvalue weighted by atomic mass is 10.0. The first-order valence-corrected chi connectivity index (χ1v) is 8.79. The number of nitro benzene ring substituents is 1. The molecule has 1 aromatic heterocycles. The largest absolute Gasteiger partial charge is 0.493 e. The first-order valence-electron chi connectivity index (χ1n) is 8.79. The molecule has 1 aliphatic rings. The number of aromatic nitrogens is 1. The van der Waals surface area contributed by atoms with Crippen molar-refractivity contribution in [3.8, 4) is 5.88 Å². The fraction of sp³-hybridized carbons (Fsp3) is 0.211. The number of benzene rings is 2. The van der Waals surface area contributed by atoms with Crippen LogP contribution in [-0.2, 0) is 11.2 Å². The highest BCUT2D eigenvalue weighted by Crippen LogP contribution is 2.37. The summed E-state index contributed by atoms with van der Waals surface area (Å²) in [6.45, 7) is 0.826. The van der Waals surface area contributed by atoms with Gasteiger partial charge in [0, 0.05) is 29.8 Å². The Balaban J connectivity index is 1.56. The number of hydrogen-bond donors (Lipinski definition) is 2. The van der Waals surface area contributed by atoms with E-state index in [4.69, 9.17) is 0 Å². The standard InChI is InChI=1S/C19H17N5O4/c25-17(11-23-9-3-5-12-4-1-2-6-16(12)23)21-22-18-14-10-13(24(27)28)7-8-15(14)20-19(18)26/h1-2,4,6-8,10,20,26H,3,5,9,11H2. The Hall–Kier alpha value is -3.75. The molecule has 0 saturated carbocycles. The van der Waals surface area contributed by atoms with Crippen molar-refractivity contribution in [2.45, 2.75) is 12.8 Å². The Labute approximate surface area is 159 Å². The molecule has 0 fully saturated rings. The third-order valence-electron chi connectivity index (χ3n) is 4.74. The minimum absolute atomic E-state index is 0.00564. The highest BCUT2D eigenvalue weighted by Gasteiger charge is 2.19. The average Bonchev–Trinajstić information content (AvgIpc) is 3.01. The maximum absolute atomic E-state index is 12.3. The van der Waals surface area contributed by atoms with Gasteiger partial charge in [-0.05, 0) is 30.5 Å². The molecule has 0 bridgehead atoms. The maximum atomic E-state index is 12.3. The molecule has 0 atom stereocenters. The summed E-state index contributed by atoms with van der Waals surface area (Å²) < 4.78 is 0. The van der Waals surface area contributed by atoms with Gasteiger partial charge in [0.15, 0.2) is 5.69 Å². The number of nitrogens with zero attached hydrogens (tertiary/aromatic N) is 4. The van der Waals surface area contributed by atoms with Crippen LogP contribution in [0, 0.1) is 10.1 Å². The second kappa shape index (κ2) is 7.10. The number of aryl methyl sites for hydroxylation is 1.